The first kappa shape index (κ1) is 20.1. The van der Waals surface area contributed by atoms with E-state index >= 15 is 0 Å². The van der Waals surface area contributed by atoms with Crippen LogP contribution in [0.4, 0.5) is 13.2 Å². The lowest BCUT2D eigenvalue weighted by Crippen LogP contribution is -2.51. The molecule has 0 aliphatic carbocycles. The standard InChI is InChI=1S/C19H27F3N4O/c1-18(2,3)16(11-5-4-6-12(9-11)19(20,21)22)24-17(27)15-13-10-23-8-7-14(13)25-26-15/h4-6,9,13-16,23,25-26H,7-8,10H2,1-3H3,(H,24,27). The minimum absolute atomic E-state index is 0.112. The molecule has 2 heterocycles. The SMILES string of the molecule is CC(C)(C)C(NC(=O)C1NNC2CCNCC21)c1cccc(C(F)(F)F)c1. The molecule has 1 aromatic rings. The fraction of sp³-hybridized carbons (Fsp3) is 0.632. The lowest BCUT2D eigenvalue weighted by molar-refractivity contribution is -0.137. The van der Waals surface area contributed by atoms with Gasteiger partial charge in [0.05, 0.1) is 11.6 Å². The van der Waals surface area contributed by atoms with Crippen molar-refractivity contribution in [3.8, 4) is 0 Å². The van der Waals surface area contributed by atoms with Crippen molar-refractivity contribution >= 4 is 5.91 Å². The number of carbonyl (C=O) groups is 1. The van der Waals surface area contributed by atoms with Crippen LogP contribution in [-0.2, 0) is 11.0 Å². The molecule has 1 aromatic carbocycles. The van der Waals surface area contributed by atoms with Gasteiger partial charge in [-0.05, 0) is 36.1 Å². The van der Waals surface area contributed by atoms with Crippen molar-refractivity contribution in [3.63, 3.8) is 0 Å². The summed E-state index contributed by atoms with van der Waals surface area (Å²) in [6, 6.07) is 4.47. The first-order chi connectivity index (χ1) is 12.6. The fourth-order valence-corrected chi connectivity index (χ4v) is 3.90. The number of nitrogens with one attached hydrogen (secondary N) is 4. The van der Waals surface area contributed by atoms with Crippen LogP contribution in [0.25, 0.3) is 0 Å². The Bertz CT molecular complexity index is 686. The lowest BCUT2D eigenvalue weighted by atomic mass is 9.81. The number of amides is 1. The molecule has 2 saturated heterocycles. The smallest absolute Gasteiger partial charge is 0.347 e. The third-order valence-corrected chi connectivity index (χ3v) is 5.36. The van der Waals surface area contributed by atoms with Gasteiger partial charge in [-0.25, -0.2) is 5.43 Å². The van der Waals surface area contributed by atoms with Crippen LogP contribution < -0.4 is 21.5 Å². The predicted molar refractivity (Wildman–Crippen MR) is 96.6 cm³/mol. The maximum atomic E-state index is 13.1. The Morgan fingerprint density at radius 3 is 2.63 bits per heavy atom. The molecule has 150 valence electrons. The molecule has 2 aliphatic heterocycles. The van der Waals surface area contributed by atoms with E-state index in [2.05, 4.69) is 21.5 Å². The van der Waals surface area contributed by atoms with Crippen LogP contribution in [0, 0.1) is 11.3 Å². The number of fused-ring (bicyclic) bond motifs is 1. The van der Waals surface area contributed by atoms with E-state index in [-0.39, 0.29) is 17.9 Å². The summed E-state index contributed by atoms with van der Waals surface area (Å²) < 4.78 is 39.3. The molecular formula is C19H27F3N4O. The van der Waals surface area contributed by atoms with Crippen LogP contribution in [-0.4, -0.2) is 31.1 Å². The second kappa shape index (κ2) is 7.41. The van der Waals surface area contributed by atoms with Crippen LogP contribution in [0.1, 0.15) is 44.4 Å². The van der Waals surface area contributed by atoms with E-state index in [0.717, 1.165) is 31.6 Å². The molecule has 27 heavy (non-hydrogen) atoms. The molecule has 0 bridgehead atoms. The number of hydrogen-bond donors (Lipinski definition) is 4. The number of halogens is 3. The van der Waals surface area contributed by atoms with Gasteiger partial charge in [0.15, 0.2) is 0 Å². The summed E-state index contributed by atoms with van der Waals surface area (Å²) in [5, 5.41) is 6.29. The number of benzene rings is 1. The summed E-state index contributed by atoms with van der Waals surface area (Å²) in [5.41, 5.74) is 5.53. The van der Waals surface area contributed by atoms with Gasteiger partial charge in [-0.15, -0.1) is 0 Å². The van der Waals surface area contributed by atoms with Gasteiger partial charge in [0.2, 0.25) is 5.91 Å². The number of alkyl halides is 3. The Kier molecular flexibility index (Phi) is 5.52. The molecule has 2 fully saturated rings. The van der Waals surface area contributed by atoms with Crippen LogP contribution in [0.2, 0.25) is 0 Å². The molecule has 8 heteroatoms. The van der Waals surface area contributed by atoms with Gasteiger partial charge in [0, 0.05) is 18.5 Å². The minimum Gasteiger partial charge on any atom is -0.347 e. The third-order valence-electron chi connectivity index (χ3n) is 5.36. The molecule has 1 amide bonds. The van der Waals surface area contributed by atoms with Gasteiger partial charge in [0.25, 0.3) is 0 Å². The average molecular weight is 384 g/mol. The van der Waals surface area contributed by atoms with Gasteiger partial charge >= 0.3 is 6.18 Å². The number of hydrazine groups is 1. The molecule has 4 N–H and O–H groups in total. The summed E-state index contributed by atoms with van der Waals surface area (Å²) in [6.45, 7) is 7.35. The van der Waals surface area contributed by atoms with Crippen molar-refractivity contribution in [2.45, 2.75) is 51.5 Å². The first-order valence-corrected chi connectivity index (χ1v) is 9.26. The maximum Gasteiger partial charge on any atom is 0.416 e. The van der Waals surface area contributed by atoms with E-state index in [0.29, 0.717) is 5.56 Å². The van der Waals surface area contributed by atoms with Crippen LogP contribution >= 0.6 is 0 Å². The van der Waals surface area contributed by atoms with E-state index in [1.807, 2.05) is 20.8 Å². The molecule has 4 atom stereocenters. The zero-order valence-corrected chi connectivity index (χ0v) is 15.8. The Morgan fingerprint density at radius 1 is 1.22 bits per heavy atom. The lowest BCUT2D eigenvalue weighted by Gasteiger charge is -2.34. The van der Waals surface area contributed by atoms with Crippen molar-refractivity contribution in [1.29, 1.82) is 0 Å². The summed E-state index contributed by atoms with van der Waals surface area (Å²) in [5.74, 6) is -0.0862. The molecule has 0 radical (unpaired) electrons. The Balaban J connectivity index is 1.81. The largest absolute Gasteiger partial charge is 0.416 e. The minimum atomic E-state index is -4.42. The van der Waals surface area contributed by atoms with E-state index in [4.69, 9.17) is 0 Å². The van der Waals surface area contributed by atoms with Crippen molar-refractivity contribution in [1.82, 2.24) is 21.5 Å². The number of piperidine rings is 1. The summed E-state index contributed by atoms with van der Waals surface area (Å²) in [6.07, 6.45) is -3.49. The summed E-state index contributed by atoms with van der Waals surface area (Å²) in [7, 11) is 0. The fourth-order valence-electron chi connectivity index (χ4n) is 3.90. The van der Waals surface area contributed by atoms with Gasteiger partial charge in [0.1, 0.15) is 6.04 Å². The summed E-state index contributed by atoms with van der Waals surface area (Å²) in [4.78, 5) is 12.9. The van der Waals surface area contributed by atoms with Crippen LogP contribution in [0.15, 0.2) is 24.3 Å². The second-order valence-electron chi connectivity index (χ2n) is 8.46. The molecule has 0 spiro atoms. The van der Waals surface area contributed by atoms with Crippen molar-refractivity contribution < 1.29 is 18.0 Å². The first-order valence-electron chi connectivity index (χ1n) is 9.26. The molecule has 0 saturated carbocycles. The molecule has 4 unspecified atom stereocenters. The average Bonchev–Trinajstić information content (AvgIpc) is 3.02. The highest BCUT2D eigenvalue weighted by Gasteiger charge is 2.42. The van der Waals surface area contributed by atoms with E-state index in [1.54, 1.807) is 6.07 Å². The molecule has 3 rings (SSSR count). The Labute approximate surface area is 157 Å². The topological polar surface area (TPSA) is 65.2 Å². The highest BCUT2D eigenvalue weighted by molar-refractivity contribution is 5.83. The van der Waals surface area contributed by atoms with E-state index < -0.39 is 29.2 Å². The highest BCUT2D eigenvalue weighted by Crippen LogP contribution is 2.36. The maximum absolute atomic E-state index is 13.1. The molecule has 0 aromatic heterocycles. The van der Waals surface area contributed by atoms with Crippen molar-refractivity contribution in [2.75, 3.05) is 13.1 Å². The van der Waals surface area contributed by atoms with Crippen molar-refractivity contribution in [3.05, 3.63) is 35.4 Å². The van der Waals surface area contributed by atoms with E-state index in [9.17, 15) is 18.0 Å². The number of rotatable bonds is 3. The van der Waals surface area contributed by atoms with Gasteiger partial charge in [-0.2, -0.15) is 13.2 Å². The zero-order chi connectivity index (χ0) is 19.8. The molecular weight excluding hydrogens is 357 g/mol. The Morgan fingerprint density at radius 2 is 1.96 bits per heavy atom. The second-order valence-corrected chi connectivity index (χ2v) is 8.46. The summed E-state index contributed by atoms with van der Waals surface area (Å²) >= 11 is 0. The number of carbonyl (C=O) groups excluding carboxylic acids is 1. The van der Waals surface area contributed by atoms with E-state index in [1.165, 1.54) is 6.07 Å². The zero-order valence-electron chi connectivity index (χ0n) is 15.8. The number of hydrogen-bond acceptors (Lipinski definition) is 4. The van der Waals surface area contributed by atoms with Gasteiger partial charge in [-0.1, -0.05) is 32.9 Å². The quantitative estimate of drug-likeness (QED) is 0.646. The van der Waals surface area contributed by atoms with Crippen molar-refractivity contribution in [2.24, 2.45) is 11.3 Å². The normalized spacial score (nSPS) is 27.1. The van der Waals surface area contributed by atoms with Crippen LogP contribution in [0.5, 0.6) is 0 Å². The van der Waals surface area contributed by atoms with Gasteiger partial charge < -0.3 is 10.6 Å². The van der Waals surface area contributed by atoms with Gasteiger partial charge in [-0.3, -0.25) is 10.2 Å². The van der Waals surface area contributed by atoms with Crippen LogP contribution in [0.3, 0.4) is 0 Å². The Hall–Kier alpha value is -1.64. The highest BCUT2D eigenvalue weighted by atomic mass is 19.4. The predicted octanol–water partition coefficient (Wildman–Crippen LogP) is 2.36. The monoisotopic (exact) mass is 384 g/mol. The third kappa shape index (κ3) is 4.44. The molecule has 2 aliphatic rings. The molecule has 5 nitrogen and oxygen atoms in total.